The van der Waals surface area contributed by atoms with Crippen LogP contribution in [0.25, 0.3) is 0 Å². The third-order valence-electron chi connectivity index (χ3n) is 2.58. The average molecular weight is 243 g/mol. The van der Waals surface area contributed by atoms with Crippen LogP contribution in [0, 0.1) is 0 Å². The molecule has 88 valence electrons. The summed E-state index contributed by atoms with van der Waals surface area (Å²) in [6.45, 7) is 0.642. The van der Waals surface area contributed by atoms with Gasteiger partial charge in [0.1, 0.15) is 0 Å². The van der Waals surface area contributed by atoms with E-state index in [2.05, 4.69) is 9.50 Å². The molecule has 1 aliphatic heterocycles. The molecule has 0 amide bonds. The highest BCUT2D eigenvalue weighted by Gasteiger charge is 2.19. The molecular formula is C10H13NO4S. The first-order valence-corrected chi connectivity index (χ1v) is 6.33. The molecule has 0 aromatic heterocycles. The molecule has 0 radical (unpaired) electrons. The van der Waals surface area contributed by atoms with Gasteiger partial charge in [-0.2, -0.15) is 8.42 Å². The van der Waals surface area contributed by atoms with E-state index in [9.17, 15) is 8.42 Å². The lowest BCUT2D eigenvalue weighted by atomic mass is 9.96. The first-order chi connectivity index (χ1) is 7.54. The number of benzene rings is 1. The molecule has 0 saturated carbocycles. The highest BCUT2D eigenvalue weighted by molar-refractivity contribution is 7.80. The standard InChI is InChI=1S/C10H13NO4S/c12-16(13,14)15-7-10-5-8-3-1-2-4-9(8)6-11-10/h1-4,10-11H,5-7H2,(H,12,13,14). The van der Waals surface area contributed by atoms with Crippen LogP contribution in [0.1, 0.15) is 11.1 Å². The minimum absolute atomic E-state index is 0.0484. The van der Waals surface area contributed by atoms with Gasteiger partial charge in [0.15, 0.2) is 0 Å². The fourth-order valence-corrected chi connectivity index (χ4v) is 2.14. The van der Waals surface area contributed by atoms with Crippen molar-refractivity contribution >= 4 is 10.4 Å². The van der Waals surface area contributed by atoms with E-state index < -0.39 is 10.4 Å². The summed E-state index contributed by atoms with van der Waals surface area (Å²) >= 11 is 0. The summed E-state index contributed by atoms with van der Waals surface area (Å²) < 4.78 is 33.7. The fourth-order valence-electron chi connectivity index (χ4n) is 1.81. The zero-order chi connectivity index (χ0) is 11.6. The molecule has 2 rings (SSSR count). The molecule has 2 N–H and O–H groups in total. The van der Waals surface area contributed by atoms with E-state index in [0.717, 1.165) is 0 Å². The SMILES string of the molecule is O=S(=O)(O)OCC1Cc2ccccc2CN1. The van der Waals surface area contributed by atoms with Crippen LogP contribution in [-0.4, -0.2) is 25.6 Å². The summed E-state index contributed by atoms with van der Waals surface area (Å²) in [7, 11) is -4.34. The summed E-state index contributed by atoms with van der Waals surface area (Å²) in [6.07, 6.45) is 0.700. The van der Waals surface area contributed by atoms with E-state index in [4.69, 9.17) is 4.55 Å². The second kappa shape index (κ2) is 4.50. The zero-order valence-corrected chi connectivity index (χ0v) is 9.40. The Morgan fingerprint density at radius 2 is 2.06 bits per heavy atom. The maximum absolute atomic E-state index is 10.4. The monoisotopic (exact) mass is 243 g/mol. The highest BCUT2D eigenvalue weighted by atomic mass is 32.3. The average Bonchev–Trinajstić information content (AvgIpc) is 2.25. The lowest BCUT2D eigenvalue weighted by Gasteiger charge is -2.25. The van der Waals surface area contributed by atoms with E-state index in [0.29, 0.717) is 13.0 Å². The van der Waals surface area contributed by atoms with Gasteiger partial charge in [-0.1, -0.05) is 24.3 Å². The molecule has 6 heteroatoms. The van der Waals surface area contributed by atoms with Crippen molar-refractivity contribution in [2.45, 2.75) is 19.0 Å². The number of nitrogens with one attached hydrogen (secondary N) is 1. The van der Waals surface area contributed by atoms with Gasteiger partial charge in [-0.15, -0.1) is 0 Å². The Morgan fingerprint density at radius 1 is 1.38 bits per heavy atom. The predicted octanol–water partition coefficient (Wildman–Crippen LogP) is 0.520. The largest absolute Gasteiger partial charge is 0.397 e. The Hall–Kier alpha value is -0.950. The molecule has 1 aromatic rings. The van der Waals surface area contributed by atoms with Crippen molar-refractivity contribution in [1.82, 2.24) is 5.32 Å². The van der Waals surface area contributed by atoms with Gasteiger partial charge in [-0.05, 0) is 17.5 Å². The van der Waals surface area contributed by atoms with Crippen LogP contribution in [0.4, 0.5) is 0 Å². The van der Waals surface area contributed by atoms with Crippen molar-refractivity contribution in [3.63, 3.8) is 0 Å². The van der Waals surface area contributed by atoms with E-state index in [1.54, 1.807) is 0 Å². The van der Waals surface area contributed by atoms with Crippen molar-refractivity contribution < 1.29 is 17.2 Å². The van der Waals surface area contributed by atoms with Crippen molar-refractivity contribution in [2.24, 2.45) is 0 Å². The Labute approximate surface area is 94.4 Å². The quantitative estimate of drug-likeness (QED) is 0.757. The Morgan fingerprint density at radius 3 is 2.75 bits per heavy atom. The maximum atomic E-state index is 10.4. The number of hydrogen-bond acceptors (Lipinski definition) is 4. The second-order valence-corrected chi connectivity index (χ2v) is 4.85. The third kappa shape index (κ3) is 3.02. The highest BCUT2D eigenvalue weighted by Crippen LogP contribution is 2.16. The van der Waals surface area contributed by atoms with Gasteiger partial charge < -0.3 is 5.32 Å². The fraction of sp³-hybridized carbons (Fsp3) is 0.400. The number of rotatable bonds is 3. The van der Waals surface area contributed by atoms with Crippen LogP contribution in [-0.2, 0) is 27.5 Å². The Bertz CT molecular complexity index is 471. The Balaban J connectivity index is 1.98. The van der Waals surface area contributed by atoms with Gasteiger partial charge in [-0.3, -0.25) is 4.55 Å². The summed E-state index contributed by atoms with van der Waals surface area (Å²) in [6, 6.07) is 7.87. The topological polar surface area (TPSA) is 75.6 Å². The molecule has 0 aliphatic carbocycles. The molecule has 0 saturated heterocycles. The van der Waals surface area contributed by atoms with Crippen LogP contribution in [0.2, 0.25) is 0 Å². The molecule has 0 fully saturated rings. The molecule has 5 nitrogen and oxygen atoms in total. The molecule has 0 bridgehead atoms. The molecule has 0 spiro atoms. The molecular weight excluding hydrogens is 230 g/mol. The van der Waals surface area contributed by atoms with Gasteiger partial charge in [0, 0.05) is 12.6 Å². The van der Waals surface area contributed by atoms with E-state index >= 15 is 0 Å². The minimum atomic E-state index is -4.34. The normalized spacial score (nSPS) is 20.4. The lowest BCUT2D eigenvalue weighted by molar-refractivity contribution is 0.229. The van der Waals surface area contributed by atoms with Crippen molar-refractivity contribution in [1.29, 1.82) is 0 Å². The molecule has 16 heavy (non-hydrogen) atoms. The van der Waals surface area contributed by atoms with Gasteiger partial charge in [-0.25, -0.2) is 4.18 Å². The molecule has 1 unspecified atom stereocenters. The zero-order valence-electron chi connectivity index (χ0n) is 8.59. The van der Waals surface area contributed by atoms with Crippen LogP contribution >= 0.6 is 0 Å². The molecule has 1 atom stereocenters. The molecule has 1 aliphatic rings. The van der Waals surface area contributed by atoms with Crippen molar-refractivity contribution in [2.75, 3.05) is 6.61 Å². The van der Waals surface area contributed by atoms with Gasteiger partial charge in [0.25, 0.3) is 0 Å². The van der Waals surface area contributed by atoms with E-state index in [-0.39, 0.29) is 12.6 Å². The van der Waals surface area contributed by atoms with Crippen LogP contribution in [0.15, 0.2) is 24.3 Å². The van der Waals surface area contributed by atoms with Gasteiger partial charge in [0.2, 0.25) is 0 Å². The number of fused-ring (bicyclic) bond motifs is 1. The molecule has 1 aromatic carbocycles. The predicted molar refractivity (Wildman–Crippen MR) is 58.3 cm³/mol. The van der Waals surface area contributed by atoms with Crippen LogP contribution in [0.3, 0.4) is 0 Å². The third-order valence-corrected chi connectivity index (χ3v) is 3.02. The van der Waals surface area contributed by atoms with Crippen LogP contribution < -0.4 is 5.32 Å². The summed E-state index contributed by atoms with van der Waals surface area (Å²) in [5.41, 5.74) is 2.40. The maximum Gasteiger partial charge on any atom is 0.397 e. The molecule has 1 heterocycles. The first-order valence-electron chi connectivity index (χ1n) is 4.96. The second-order valence-electron chi connectivity index (χ2n) is 3.76. The van der Waals surface area contributed by atoms with E-state index in [1.807, 2.05) is 24.3 Å². The first kappa shape index (κ1) is 11.5. The Kier molecular flexibility index (Phi) is 3.25. The minimum Gasteiger partial charge on any atom is -0.307 e. The number of hydrogen-bond donors (Lipinski definition) is 2. The van der Waals surface area contributed by atoms with Crippen molar-refractivity contribution in [3.8, 4) is 0 Å². The van der Waals surface area contributed by atoms with Crippen LogP contribution in [0.5, 0.6) is 0 Å². The summed E-state index contributed by atoms with van der Waals surface area (Å²) in [5, 5.41) is 3.15. The van der Waals surface area contributed by atoms with Gasteiger partial charge >= 0.3 is 10.4 Å². The van der Waals surface area contributed by atoms with E-state index in [1.165, 1.54) is 11.1 Å². The van der Waals surface area contributed by atoms with Gasteiger partial charge in [0.05, 0.1) is 6.61 Å². The summed E-state index contributed by atoms with van der Waals surface area (Å²) in [4.78, 5) is 0. The lowest BCUT2D eigenvalue weighted by Crippen LogP contribution is -2.39. The summed E-state index contributed by atoms with van der Waals surface area (Å²) in [5.74, 6) is 0. The van der Waals surface area contributed by atoms with Crippen molar-refractivity contribution in [3.05, 3.63) is 35.4 Å². The smallest absolute Gasteiger partial charge is 0.307 e.